The Kier molecular flexibility index (Phi) is 2.49. The first kappa shape index (κ1) is 10.9. The number of hydrogen-bond acceptors (Lipinski definition) is 3. The quantitative estimate of drug-likeness (QED) is 0.591. The molecule has 0 saturated heterocycles. The van der Waals surface area contributed by atoms with Gasteiger partial charge in [0.1, 0.15) is 0 Å². The van der Waals surface area contributed by atoms with Gasteiger partial charge in [-0.3, -0.25) is 4.79 Å². The van der Waals surface area contributed by atoms with E-state index in [1.54, 1.807) is 11.3 Å². The normalized spacial score (nSPS) is 11.2. The van der Waals surface area contributed by atoms with Crippen LogP contribution in [0, 0.1) is 6.92 Å². The van der Waals surface area contributed by atoms with Crippen molar-refractivity contribution in [1.82, 2.24) is 4.98 Å². The van der Waals surface area contributed by atoms with Crippen LogP contribution in [0.4, 0.5) is 0 Å². The van der Waals surface area contributed by atoms with Crippen LogP contribution in [0.2, 0.25) is 0 Å². The van der Waals surface area contributed by atoms with Crippen molar-refractivity contribution in [1.29, 1.82) is 0 Å². The molecule has 0 atom stereocenters. The molecular weight excluding hydrogens is 298 g/mol. The van der Waals surface area contributed by atoms with Gasteiger partial charge >= 0.3 is 0 Å². The molecule has 4 heteroatoms. The van der Waals surface area contributed by atoms with E-state index in [2.05, 4.69) is 20.9 Å². The van der Waals surface area contributed by atoms with Crippen molar-refractivity contribution < 1.29 is 0 Å². The summed E-state index contributed by atoms with van der Waals surface area (Å²) in [5.41, 5.74) is 2.61. The molecule has 0 bridgehead atoms. The Balaban J connectivity index is 2.53. The Hall–Kier alpha value is -1.26. The third-order valence-corrected chi connectivity index (χ3v) is 4.86. The van der Waals surface area contributed by atoms with Crippen molar-refractivity contribution >= 4 is 37.5 Å². The van der Waals surface area contributed by atoms with Gasteiger partial charge in [-0.05, 0) is 46.6 Å². The van der Waals surface area contributed by atoms with E-state index in [1.165, 1.54) is 0 Å². The molecular formula is C13H8BrNOS. The molecule has 1 aliphatic heterocycles. The maximum Gasteiger partial charge on any atom is 0.197 e. The number of aryl methyl sites for hydroxylation is 1. The number of aromatic nitrogens is 1. The molecule has 0 amide bonds. The maximum atomic E-state index is 11.9. The molecule has 1 heterocycles. The lowest BCUT2D eigenvalue weighted by atomic mass is 10.1. The lowest BCUT2D eigenvalue weighted by Gasteiger charge is -2.08. The van der Waals surface area contributed by atoms with Crippen LogP contribution in [0.15, 0.2) is 39.6 Å². The van der Waals surface area contributed by atoms with Gasteiger partial charge in [-0.15, -0.1) is 11.3 Å². The summed E-state index contributed by atoms with van der Waals surface area (Å²) in [6, 6.07) is 9.80. The predicted molar refractivity (Wildman–Crippen MR) is 74.9 cm³/mol. The molecule has 0 N–H and O–H groups in total. The number of hydrogen-bond donors (Lipinski definition) is 0. The number of fused-ring (bicyclic) bond motifs is 2. The molecule has 1 aromatic rings. The highest BCUT2D eigenvalue weighted by Crippen LogP contribution is 2.34. The van der Waals surface area contributed by atoms with E-state index >= 15 is 0 Å². The summed E-state index contributed by atoms with van der Waals surface area (Å²) in [5.74, 6) is 0. The highest BCUT2D eigenvalue weighted by atomic mass is 79.9. The number of rotatable bonds is 0. The lowest BCUT2D eigenvalue weighted by Crippen LogP contribution is -2.08. The van der Waals surface area contributed by atoms with E-state index in [4.69, 9.17) is 0 Å². The minimum atomic E-state index is 0.0471. The van der Waals surface area contributed by atoms with E-state index in [0.717, 1.165) is 26.4 Å². The van der Waals surface area contributed by atoms with Gasteiger partial charge in [0.2, 0.25) is 0 Å². The molecule has 0 aromatic heterocycles. The van der Waals surface area contributed by atoms with Crippen LogP contribution >= 0.6 is 27.3 Å². The van der Waals surface area contributed by atoms with Crippen LogP contribution < -0.4 is 5.43 Å². The van der Waals surface area contributed by atoms with E-state index < -0.39 is 0 Å². The zero-order valence-electron chi connectivity index (χ0n) is 9.03. The van der Waals surface area contributed by atoms with Gasteiger partial charge in [0.05, 0.1) is 25.3 Å². The molecule has 2 nitrogen and oxygen atoms in total. The fourth-order valence-electron chi connectivity index (χ4n) is 1.78. The lowest BCUT2D eigenvalue weighted by molar-refractivity contribution is 1.32. The first-order valence-corrected chi connectivity index (χ1v) is 6.76. The monoisotopic (exact) mass is 305 g/mol. The van der Waals surface area contributed by atoms with Crippen molar-refractivity contribution in [2.45, 2.75) is 6.92 Å². The third-order valence-electron chi connectivity index (χ3n) is 2.66. The van der Waals surface area contributed by atoms with Crippen molar-refractivity contribution in [2.75, 3.05) is 0 Å². The summed E-state index contributed by atoms with van der Waals surface area (Å²) in [7, 11) is 0. The van der Waals surface area contributed by atoms with Crippen LogP contribution in [0.5, 0.6) is 0 Å². The van der Waals surface area contributed by atoms with E-state index in [1.807, 2.05) is 37.3 Å². The van der Waals surface area contributed by atoms with Crippen LogP contribution in [-0.4, -0.2) is 4.98 Å². The fraction of sp³-hybridized carbons (Fsp3) is 0.0769. The molecule has 3 rings (SSSR count). The van der Waals surface area contributed by atoms with Gasteiger partial charge in [0, 0.05) is 0 Å². The Bertz CT molecular complexity index is 750. The first-order chi connectivity index (χ1) is 8.16. The van der Waals surface area contributed by atoms with Gasteiger partial charge < -0.3 is 0 Å². The van der Waals surface area contributed by atoms with Crippen LogP contribution in [-0.2, 0) is 0 Å². The van der Waals surface area contributed by atoms with E-state index in [0.29, 0.717) is 4.47 Å². The average molecular weight is 306 g/mol. The Morgan fingerprint density at radius 1 is 1.29 bits per heavy atom. The zero-order chi connectivity index (χ0) is 12.0. The highest BCUT2D eigenvalue weighted by Gasteiger charge is 2.14. The SMILES string of the molecule is Cc1cc2nc3ccccc3sc-2c(Br)c1=O. The number of halogens is 1. The standard InChI is InChI=1S/C13H8BrNOS/c1-7-6-9-13(11(14)12(7)16)17-10-5-3-2-4-8(10)15-9/h2-6H,1H3. The number of para-hydroxylation sites is 1. The van der Waals surface area contributed by atoms with Crippen LogP contribution in [0.25, 0.3) is 20.8 Å². The van der Waals surface area contributed by atoms with Crippen molar-refractivity contribution in [3.8, 4) is 10.6 Å². The summed E-state index contributed by atoms with van der Waals surface area (Å²) in [6.07, 6.45) is 0. The van der Waals surface area contributed by atoms with Gasteiger partial charge in [0.15, 0.2) is 5.43 Å². The minimum Gasteiger partial charge on any atom is -0.288 e. The van der Waals surface area contributed by atoms with E-state index in [-0.39, 0.29) is 5.43 Å². The van der Waals surface area contributed by atoms with Gasteiger partial charge in [-0.1, -0.05) is 12.1 Å². The minimum absolute atomic E-state index is 0.0471. The molecule has 0 spiro atoms. The number of nitrogens with zero attached hydrogens (tertiary/aromatic N) is 1. The molecule has 0 saturated carbocycles. The van der Waals surface area contributed by atoms with E-state index in [9.17, 15) is 4.79 Å². The summed E-state index contributed by atoms with van der Waals surface area (Å²) >= 11 is 4.97. The molecule has 1 aromatic carbocycles. The average Bonchev–Trinajstić information content (AvgIpc) is 2.34. The topological polar surface area (TPSA) is 30.0 Å². The molecule has 0 unspecified atom stereocenters. The summed E-state index contributed by atoms with van der Waals surface area (Å²) < 4.78 is 1.71. The fourth-order valence-corrected chi connectivity index (χ4v) is 3.52. The maximum absolute atomic E-state index is 11.9. The van der Waals surface area contributed by atoms with Crippen LogP contribution in [0.1, 0.15) is 5.56 Å². The van der Waals surface area contributed by atoms with Crippen molar-refractivity contribution in [3.63, 3.8) is 0 Å². The second-order valence-electron chi connectivity index (χ2n) is 3.87. The summed E-state index contributed by atoms with van der Waals surface area (Å²) in [5, 5.41) is 0. The van der Waals surface area contributed by atoms with Gasteiger partial charge in [-0.2, -0.15) is 0 Å². The second kappa shape index (κ2) is 3.89. The first-order valence-electron chi connectivity index (χ1n) is 5.15. The van der Waals surface area contributed by atoms with Crippen molar-refractivity contribution in [3.05, 3.63) is 50.6 Å². The summed E-state index contributed by atoms with van der Waals surface area (Å²) in [4.78, 5) is 17.3. The van der Waals surface area contributed by atoms with Gasteiger partial charge in [0.25, 0.3) is 0 Å². The van der Waals surface area contributed by atoms with Gasteiger partial charge in [-0.25, -0.2) is 4.98 Å². The molecule has 17 heavy (non-hydrogen) atoms. The predicted octanol–water partition coefficient (Wildman–Crippen LogP) is 3.83. The zero-order valence-corrected chi connectivity index (χ0v) is 11.4. The Morgan fingerprint density at radius 3 is 2.88 bits per heavy atom. The Labute approximate surface area is 110 Å². The molecule has 0 fully saturated rings. The summed E-state index contributed by atoms with van der Waals surface area (Å²) in [6.45, 7) is 1.81. The van der Waals surface area contributed by atoms with Crippen molar-refractivity contribution in [2.24, 2.45) is 0 Å². The van der Waals surface area contributed by atoms with Crippen LogP contribution in [0.3, 0.4) is 0 Å². The molecule has 0 radical (unpaired) electrons. The molecule has 2 aliphatic rings. The second-order valence-corrected chi connectivity index (χ2v) is 5.71. The highest BCUT2D eigenvalue weighted by molar-refractivity contribution is 9.10. The molecule has 1 aliphatic carbocycles. The smallest absolute Gasteiger partial charge is 0.197 e. The third kappa shape index (κ3) is 1.68. The Morgan fingerprint density at radius 2 is 2.06 bits per heavy atom. The number of benzene rings is 2. The largest absolute Gasteiger partial charge is 0.288 e. The molecule has 84 valence electrons.